The maximum absolute atomic E-state index is 8.83. The van der Waals surface area contributed by atoms with Crippen molar-refractivity contribution in [3.63, 3.8) is 0 Å². The second kappa shape index (κ2) is 6.48. The number of rotatable bonds is 3. The third-order valence-corrected chi connectivity index (χ3v) is 2.26. The van der Waals surface area contributed by atoms with Gasteiger partial charge in [-0.25, -0.2) is 0 Å². The molecule has 0 heterocycles. The summed E-state index contributed by atoms with van der Waals surface area (Å²) in [5.41, 5.74) is 0.0375. The van der Waals surface area contributed by atoms with Gasteiger partial charge in [0.2, 0.25) is 0 Å². The van der Waals surface area contributed by atoms with Crippen LogP contribution in [0.15, 0.2) is 18.2 Å². The van der Waals surface area contributed by atoms with Crippen molar-refractivity contribution in [2.75, 3.05) is 14.7 Å². The van der Waals surface area contributed by atoms with Crippen LogP contribution in [0.1, 0.15) is 0 Å². The summed E-state index contributed by atoms with van der Waals surface area (Å²) < 4.78 is 0. The van der Waals surface area contributed by atoms with Gasteiger partial charge < -0.3 is 0 Å². The average Bonchev–Trinajstić information content (AvgIpc) is 2.51. The van der Waals surface area contributed by atoms with Crippen LogP contribution in [0.5, 0.6) is 0 Å². The fourth-order valence-electron chi connectivity index (χ4n) is 1.38. The summed E-state index contributed by atoms with van der Waals surface area (Å²) in [5.74, 6) is 0. The van der Waals surface area contributed by atoms with Crippen molar-refractivity contribution in [2.45, 2.75) is 0 Å². The van der Waals surface area contributed by atoms with Gasteiger partial charge in [-0.2, -0.15) is 46.3 Å². The molecule has 0 atom stereocenters. The summed E-state index contributed by atoms with van der Waals surface area (Å²) in [5, 5.41) is 53.0. The van der Waals surface area contributed by atoms with Gasteiger partial charge in [-0.15, -0.1) is 0 Å². The predicted molar refractivity (Wildman–Crippen MR) is 67.6 cm³/mol. The van der Waals surface area contributed by atoms with Gasteiger partial charge in [0.25, 0.3) is 0 Å². The molecule has 96 valence electrons. The monoisotopic (exact) mass is 273 g/mol. The van der Waals surface area contributed by atoms with E-state index >= 15 is 0 Å². The normalized spacial score (nSPS) is 7.71. The Hall–Kier alpha value is -4.44. The molecule has 0 unspecified atom stereocenters. The van der Waals surface area contributed by atoms with E-state index in [1.54, 1.807) is 37.2 Å². The van der Waals surface area contributed by atoms with E-state index in [2.05, 4.69) is 0 Å². The van der Waals surface area contributed by atoms with E-state index in [-0.39, 0.29) is 17.1 Å². The molecule has 0 aliphatic carbocycles. The van der Waals surface area contributed by atoms with E-state index in [0.717, 1.165) is 0 Å². The first kappa shape index (κ1) is 14.6. The van der Waals surface area contributed by atoms with Crippen LogP contribution in [-0.2, 0) is 0 Å². The van der Waals surface area contributed by atoms with Crippen molar-refractivity contribution in [3.05, 3.63) is 18.2 Å². The van der Waals surface area contributed by atoms with Crippen LogP contribution in [0.2, 0.25) is 0 Å². The largest absolute Gasteiger partial charge is 0.198 e. The van der Waals surface area contributed by atoms with Crippen molar-refractivity contribution >= 4 is 17.1 Å². The Kier molecular flexibility index (Phi) is 4.51. The van der Waals surface area contributed by atoms with E-state index < -0.39 is 0 Å². The zero-order valence-corrected chi connectivity index (χ0v) is 10.3. The smallest absolute Gasteiger partial charge is 0.182 e. The zero-order chi connectivity index (χ0) is 15.8. The molecule has 0 bridgehead atoms. The topological polar surface area (TPSA) is 152 Å². The van der Waals surface area contributed by atoms with Crippen LogP contribution < -0.4 is 14.7 Å². The molecule has 0 aliphatic rings. The SMILES string of the molecule is N#CN(C#N)c1cc(N(C#N)C#N)cc(N(C#N)C#N)c1. The first-order chi connectivity index (χ1) is 10.1. The molecule has 21 heavy (non-hydrogen) atoms. The fourth-order valence-corrected chi connectivity index (χ4v) is 1.38. The van der Waals surface area contributed by atoms with E-state index in [1.165, 1.54) is 18.2 Å². The number of nitriles is 6. The minimum Gasteiger partial charge on any atom is -0.182 e. The van der Waals surface area contributed by atoms with Gasteiger partial charge in [0.1, 0.15) is 0 Å². The highest BCUT2D eigenvalue weighted by atomic mass is 15.2. The summed E-state index contributed by atoms with van der Waals surface area (Å²) in [6.45, 7) is 0. The van der Waals surface area contributed by atoms with Gasteiger partial charge in [-0.1, -0.05) is 0 Å². The Balaban J connectivity index is 3.58. The molecule has 0 aliphatic heterocycles. The molecule has 1 aromatic carbocycles. The lowest BCUT2D eigenvalue weighted by Gasteiger charge is -2.14. The number of hydrogen-bond donors (Lipinski definition) is 0. The Labute approximate surface area is 119 Å². The van der Waals surface area contributed by atoms with E-state index in [0.29, 0.717) is 14.7 Å². The summed E-state index contributed by atoms with van der Waals surface area (Å²) in [4.78, 5) is 1.81. The lowest BCUT2D eigenvalue weighted by Crippen LogP contribution is -2.14. The molecule has 0 aromatic heterocycles. The lowest BCUT2D eigenvalue weighted by molar-refractivity contribution is 1.21. The lowest BCUT2D eigenvalue weighted by atomic mass is 10.2. The first-order valence-electron chi connectivity index (χ1n) is 5.09. The summed E-state index contributed by atoms with van der Waals surface area (Å²) in [6.07, 6.45) is 9.46. The van der Waals surface area contributed by atoms with Gasteiger partial charge in [0.15, 0.2) is 37.2 Å². The van der Waals surface area contributed by atoms with Crippen molar-refractivity contribution < 1.29 is 0 Å². The van der Waals surface area contributed by atoms with Crippen LogP contribution in [0.4, 0.5) is 17.1 Å². The maximum Gasteiger partial charge on any atom is 0.198 e. The van der Waals surface area contributed by atoms with Gasteiger partial charge in [0, 0.05) is 0 Å². The van der Waals surface area contributed by atoms with Crippen molar-refractivity contribution in [2.24, 2.45) is 0 Å². The highest BCUT2D eigenvalue weighted by Crippen LogP contribution is 2.29. The molecule has 0 saturated carbocycles. The first-order valence-corrected chi connectivity index (χ1v) is 5.09. The highest BCUT2D eigenvalue weighted by Gasteiger charge is 2.15. The molecule has 0 saturated heterocycles. The van der Waals surface area contributed by atoms with Crippen LogP contribution >= 0.6 is 0 Å². The minimum atomic E-state index is 0.0125. The van der Waals surface area contributed by atoms with Crippen LogP contribution in [0, 0.1) is 68.7 Å². The van der Waals surface area contributed by atoms with Gasteiger partial charge in [-0.3, -0.25) is 0 Å². The van der Waals surface area contributed by atoms with Crippen LogP contribution in [0.3, 0.4) is 0 Å². The third-order valence-electron chi connectivity index (χ3n) is 2.26. The molecule has 0 amide bonds. The third kappa shape index (κ3) is 2.87. The second-order valence-electron chi connectivity index (χ2n) is 3.31. The van der Waals surface area contributed by atoms with Gasteiger partial charge in [-0.05, 0) is 18.2 Å². The van der Waals surface area contributed by atoms with E-state index in [4.69, 9.17) is 31.6 Å². The summed E-state index contributed by atoms with van der Waals surface area (Å²) in [7, 11) is 0. The number of hydrogen-bond acceptors (Lipinski definition) is 9. The van der Waals surface area contributed by atoms with Crippen molar-refractivity contribution in [1.82, 2.24) is 0 Å². The number of benzene rings is 1. The molecule has 0 spiro atoms. The van der Waals surface area contributed by atoms with Crippen molar-refractivity contribution in [3.8, 4) is 37.2 Å². The summed E-state index contributed by atoms with van der Waals surface area (Å²) >= 11 is 0. The molecule has 1 aromatic rings. The molecule has 9 nitrogen and oxygen atoms in total. The molecule has 0 fully saturated rings. The molecular formula is C12H3N9. The molecule has 0 radical (unpaired) electrons. The molecular weight excluding hydrogens is 270 g/mol. The fraction of sp³-hybridized carbons (Fsp3) is 0. The minimum absolute atomic E-state index is 0.0125. The highest BCUT2D eigenvalue weighted by molar-refractivity contribution is 5.75. The Morgan fingerprint density at radius 3 is 0.810 bits per heavy atom. The Bertz CT molecular complexity index is 636. The van der Waals surface area contributed by atoms with Gasteiger partial charge in [0.05, 0.1) is 17.1 Å². The maximum atomic E-state index is 8.83. The van der Waals surface area contributed by atoms with E-state index in [1.807, 2.05) is 0 Å². The standard InChI is InChI=1S/C12H3N9/c13-4-19(5-14)10-1-11(20(6-15)7-16)3-12(2-10)21(8-17)9-18/h1-3H. The van der Waals surface area contributed by atoms with E-state index in [9.17, 15) is 0 Å². The van der Waals surface area contributed by atoms with Crippen LogP contribution in [-0.4, -0.2) is 0 Å². The second-order valence-corrected chi connectivity index (χ2v) is 3.31. The average molecular weight is 273 g/mol. The summed E-state index contributed by atoms with van der Waals surface area (Å²) in [6, 6.07) is 3.69. The Morgan fingerprint density at radius 2 is 0.667 bits per heavy atom. The molecule has 9 heteroatoms. The van der Waals surface area contributed by atoms with Gasteiger partial charge >= 0.3 is 0 Å². The quantitative estimate of drug-likeness (QED) is 0.579. The molecule has 1 rings (SSSR count). The predicted octanol–water partition coefficient (Wildman–Crippen LogP) is 0.992. The molecule has 0 N–H and O–H groups in total. The number of nitrogens with zero attached hydrogens (tertiary/aromatic N) is 9. The van der Waals surface area contributed by atoms with Crippen LogP contribution in [0.25, 0.3) is 0 Å². The zero-order valence-electron chi connectivity index (χ0n) is 10.3. The van der Waals surface area contributed by atoms with Crippen molar-refractivity contribution in [1.29, 1.82) is 31.6 Å². The Morgan fingerprint density at radius 1 is 0.476 bits per heavy atom. The number of anilines is 3.